The number of β-amino-alcohol motifs (C(OH)–C–C–N with tert-alkyl or cyclic N) is 1. The van der Waals surface area contributed by atoms with Gasteiger partial charge in [-0.2, -0.15) is 0 Å². The van der Waals surface area contributed by atoms with Crippen LogP contribution in [0.15, 0.2) is 5.16 Å². The first-order valence-electron chi connectivity index (χ1n) is 5.95. The molecule has 0 bridgehead atoms. The average molecular weight is 229 g/mol. The minimum absolute atomic E-state index is 0.297. The van der Waals surface area contributed by atoms with Crippen LogP contribution >= 0.6 is 0 Å². The van der Waals surface area contributed by atoms with Crippen LogP contribution in [0.3, 0.4) is 0 Å². The number of nitrogens with zero attached hydrogens (tertiary/aromatic N) is 2. The summed E-state index contributed by atoms with van der Waals surface area (Å²) in [5.41, 5.74) is 4.86. The highest BCUT2D eigenvalue weighted by atomic mass is 16.4. The van der Waals surface area contributed by atoms with Crippen molar-refractivity contribution in [2.24, 2.45) is 10.9 Å². The molecule has 0 aromatic carbocycles. The topological polar surface area (TPSA) is 82.1 Å². The Morgan fingerprint density at radius 1 is 1.50 bits per heavy atom. The fourth-order valence-corrected chi connectivity index (χ4v) is 2.21. The van der Waals surface area contributed by atoms with Gasteiger partial charge in [-0.3, -0.25) is 0 Å². The van der Waals surface area contributed by atoms with Crippen molar-refractivity contribution in [3.63, 3.8) is 0 Å². The number of aliphatic hydroxyl groups is 1. The third kappa shape index (κ3) is 4.81. The van der Waals surface area contributed by atoms with Gasteiger partial charge in [0.1, 0.15) is 5.84 Å². The van der Waals surface area contributed by atoms with Crippen molar-refractivity contribution < 1.29 is 10.3 Å². The number of amidine groups is 1. The molecule has 1 aliphatic heterocycles. The van der Waals surface area contributed by atoms with Crippen molar-refractivity contribution in [1.82, 2.24) is 4.90 Å². The predicted molar refractivity (Wildman–Crippen MR) is 63.6 cm³/mol. The quantitative estimate of drug-likeness (QED) is 0.214. The molecule has 1 rings (SSSR count). The second kappa shape index (κ2) is 6.06. The van der Waals surface area contributed by atoms with Crippen molar-refractivity contribution >= 4 is 5.84 Å². The van der Waals surface area contributed by atoms with Gasteiger partial charge in [0.05, 0.1) is 5.60 Å². The molecule has 5 nitrogen and oxygen atoms in total. The third-order valence-electron chi connectivity index (χ3n) is 3.04. The van der Waals surface area contributed by atoms with E-state index >= 15 is 0 Å². The van der Waals surface area contributed by atoms with E-state index in [1.807, 2.05) is 6.92 Å². The van der Waals surface area contributed by atoms with E-state index in [0.717, 1.165) is 45.3 Å². The first kappa shape index (κ1) is 13.3. The van der Waals surface area contributed by atoms with Gasteiger partial charge in [0.15, 0.2) is 0 Å². The molecule has 1 saturated heterocycles. The summed E-state index contributed by atoms with van der Waals surface area (Å²) >= 11 is 0. The molecule has 1 atom stereocenters. The zero-order valence-corrected chi connectivity index (χ0v) is 10.0. The van der Waals surface area contributed by atoms with E-state index in [1.54, 1.807) is 0 Å². The van der Waals surface area contributed by atoms with Crippen LogP contribution in [0.4, 0.5) is 0 Å². The Morgan fingerprint density at radius 2 is 2.25 bits per heavy atom. The highest BCUT2D eigenvalue weighted by Crippen LogP contribution is 2.20. The number of likely N-dealkylation sites (tertiary alicyclic amines) is 1. The number of unbranched alkanes of at least 4 members (excludes halogenated alkanes) is 1. The molecular weight excluding hydrogens is 206 g/mol. The van der Waals surface area contributed by atoms with E-state index in [9.17, 15) is 5.11 Å². The molecule has 94 valence electrons. The Balaban J connectivity index is 2.13. The number of oxime groups is 1. The summed E-state index contributed by atoms with van der Waals surface area (Å²) in [5.74, 6) is 0.297. The minimum atomic E-state index is -0.524. The molecule has 0 amide bonds. The predicted octanol–water partition coefficient (Wildman–Crippen LogP) is 0.750. The highest BCUT2D eigenvalue weighted by Gasteiger charge is 2.27. The minimum Gasteiger partial charge on any atom is -0.409 e. The number of hydrogen-bond acceptors (Lipinski definition) is 4. The van der Waals surface area contributed by atoms with Gasteiger partial charge in [-0.25, -0.2) is 0 Å². The van der Waals surface area contributed by atoms with E-state index in [4.69, 9.17) is 10.9 Å². The molecule has 1 unspecified atom stereocenters. The SMILES string of the molecule is CC1(O)CCCN(CCCCC(N)=NO)C1. The van der Waals surface area contributed by atoms with Gasteiger partial charge < -0.3 is 20.9 Å². The maximum absolute atomic E-state index is 9.91. The van der Waals surface area contributed by atoms with E-state index in [1.165, 1.54) is 0 Å². The molecule has 5 heteroatoms. The molecule has 0 aromatic heterocycles. The third-order valence-corrected chi connectivity index (χ3v) is 3.04. The van der Waals surface area contributed by atoms with Crippen molar-refractivity contribution in [2.75, 3.05) is 19.6 Å². The maximum Gasteiger partial charge on any atom is 0.139 e. The first-order chi connectivity index (χ1) is 7.53. The van der Waals surface area contributed by atoms with Crippen molar-refractivity contribution in [2.45, 2.75) is 44.6 Å². The van der Waals surface area contributed by atoms with Crippen LogP contribution in [0.25, 0.3) is 0 Å². The molecule has 0 aliphatic carbocycles. The van der Waals surface area contributed by atoms with E-state index in [-0.39, 0.29) is 0 Å². The zero-order chi connectivity index (χ0) is 12.0. The number of nitrogens with two attached hydrogens (primary N) is 1. The molecule has 0 radical (unpaired) electrons. The van der Waals surface area contributed by atoms with Crippen LogP contribution in [0.1, 0.15) is 39.0 Å². The second-order valence-electron chi connectivity index (χ2n) is 4.93. The fourth-order valence-electron chi connectivity index (χ4n) is 2.21. The zero-order valence-electron chi connectivity index (χ0n) is 10.0. The molecule has 16 heavy (non-hydrogen) atoms. The summed E-state index contributed by atoms with van der Waals surface area (Å²) in [5, 5.41) is 21.2. The Kier molecular flexibility index (Phi) is 5.02. The summed E-state index contributed by atoms with van der Waals surface area (Å²) in [6.45, 7) is 4.71. The maximum atomic E-state index is 9.91. The van der Waals surface area contributed by atoms with Crippen LogP contribution in [-0.2, 0) is 0 Å². The number of hydrogen-bond donors (Lipinski definition) is 3. The van der Waals surface area contributed by atoms with E-state index in [2.05, 4.69) is 10.1 Å². The molecule has 4 N–H and O–H groups in total. The lowest BCUT2D eigenvalue weighted by Crippen LogP contribution is -2.46. The number of rotatable bonds is 5. The molecule has 1 aliphatic rings. The van der Waals surface area contributed by atoms with Gasteiger partial charge >= 0.3 is 0 Å². The Bertz CT molecular complexity index is 241. The smallest absolute Gasteiger partial charge is 0.139 e. The summed E-state index contributed by atoms with van der Waals surface area (Å²) < 4.78 is 0. The lowest BCUT2D eigenvalue weighted by atomic mass is 9.95. The monoisotopic (exact) mass is 229 g/mol. The number of piperidine rings is 1. The molecular formula is C11H23N3O2. The molecule has 0 saturated carbocycles. The lowest BCUT2D eigenvalue weighted by Gasteiger charge is -2.36. The molecule has 1 heterocycles. The van der Waals surface area contributed by atoms with Crippen LogP contribution in [0.5, 0.6) is 0 Å². The van der Waals surface area contributed by atoms with E-state index < -0.39 is 5.60 Å². The van der Waals surface area contributed by atoms with Gasteiger partial charge in [-0.05, 0) is 45.7 Å². The Labute approximate surface area is 96.9 Å². The van der Waals surface area contributed by atoms with Crippen molar-refractivity contribution in [1.29, 1.82) is 0 Å². The summed E-state index contributed by atoms with van der Waals surface area (Å²) in [6.07, 6.45) is 4.54. The van der Waals surface area contributed by atoms with Gasteiger partial charge in [0.25, 0.3) is 0 Å². The fraction of sp³-hybridized carbons (Fsp3) is 0.909. The van der Waals surface area contributed by atoms with Crippen molar-refractivity contribution in [3.05, 3.63) is 0 Å². The van der Waals surface area contributed by atoms with E-state index in [0.29, 0.717) is 12.3 Å². The Hall–Kier alpha value is -0.810. The van der Waals surface area contributed by atoms with Gasteiger partial charge in [0.2, 0.25) is 0 Å². The van der Waals surface area contributed by atoms with Crippen LogP contribution < -0.4 is 5.73 Å². The van der Waals surface area contributed by atoms with Gasteiger partial charge in [-0.15, -0.1) is 0 Å². The second-order valence-corrected chi connectivity index (χ2v) is 4.93. The largest absolute Gasteiger partial charge is 0.409 e. The molecule has 0 aromatic rings. The normalized spacial score (nSPS) is 28.2. The van der Waals surface area contributed by atoms with Crippen LogP contribution in [0, 0.1) is 0 Å². The summed E-state index contributed by atoms with van der Waals surface area (Å²) in [6, 6.07) is 0. The van der Waals surface area contributed by atoms with Crippen molar-refractivity contribution in [3.8, 4) is 0 Å². The van der Waals surface area contributed by atoms with Crippen LogP contribution in [0.2, 0.25) is 0 Å². The van der Waals surface area contributed by atoms with Gasteiger partial charge in [-0.1, -0.05) is 5.16 Å². The standard InChI is InChI=1S/C11H23N3O2/c1-11(15)6-4-8-14(9-11)7-3-2-5-10(12)13-16/h15-16H,2-9H2,1H3,(H2,12,13). The average Bonchev–Trinajstić information content (AvgIpc) is 2.22. The highest BCUT2D eigenvalue weighted by molar-refractivity contribution is 5.79. The lowest BCUT2D eigenvalue weighted by molar-refractivity contribution is -0.0157. The van der Waals surface area contributed by atoms with Gasteiger partial charge in [0, 0.05) is 13.0 Å². The Morgan fingerprint density at radius 3 is 2.88 bits per heavy atom. The summed E-state index contributed by atoms with van der Waals surface area (Å²) in [7, 11) is 0. The molecule has 1 fully saturated rings. The summed E-state index contributed by atoms with van der Waals surface area (Å²) in [4.78, 5) is 2.29. The van der Waals surface area contributed by atoms with Crippen LogP contribution in [-0.4, -0.2) is 46.3 Å². The molecule has 0 spiro atoms. The first-order valence-corrected chi connectivity index (χ1v) is 5.95.